The summed E-state index contributed by atoms with van der Waals surface area (Å²) in [5, 5.41) is 18.5. The van der Waals surface area contributed by atoms with Crippen LogP contribution in [0.3, 0.4) is 0 Å². The Labute approximate surface area is 241 Å². The predicted molar refractivity (Wildman–Crippen MR) is 160 cm³/mol. The van der Waals surface area contributed by atoms with Crippen molar-refractivity contribution in [3.05, 3.63) is 30.1 Å². The molecule has 5 fully saturated rings. The first-order valence-corrected chi connectivity index (χ1v) is 16.9. The number of para-hydroxylation sites is 2. The monoisotopic (exact) mass is 548 g/mol. The Bertz CT molecular complexity index is 1100. The van der Waals surface area contributed by atoms with E-state index >= 15 is 0 Å². The zero-order valence-corrected chi connectivity index (χ0v) is 24.5. The van der Waals surface area contributed by atoms with Gasteiger partial charge in [-0.3, -0.25) is 4.90 Å². The van der Waals surface area contributed by atoms with E-state index in [9.17, 15) is 10.2 Å². The number of hydrogen-bond acceptors (Lipinski definition) is 5. The first-order chi connectivity index (χ1) is 19.6. The van der Waals surface area contributed by atoms with Gasteiger partial charge in [-0.15, -0.1) is 0 Å². The van der Waals surface area contributed by atoms with Gasteiger partial charge in [-0.2, -0.15) is 0 Å². The van der Waals surface area contributed by atoms with E-state index < -0.39 is 6.29 Å². The van der Waals surface area contributed by atoms with Crippen LogP contribution in [-0.4, -0.2) is 73.6 Å². The molecule has 4 heterocycles. The Morgan fingerprint density at radius 3 is 2.15 bits per heavy atom. The molecule has 0 radical (unpaired) electrons. The van der Waals surface area contributed by atoms with E-state index in [-0.39, 0.29) is 0 Å². The van der Waals surface area contributed by atoms with E-state index in [0.29, 0.717) is 18.4 Å². The molecule has 6 heteroatoms. The van der Waals surface area contributed by atoms with Gasteiger partial charge in [-0.1, -0.05) is 44.2 Å². The zero-order chi connectivity index (χ0) is 27.1. The largest absolute Gasteiger partial charge is 0.368 e. The summed E-state index contributed by atoms with van der Waals surface area (Å²) < 4.78 is 2.72. The van der Waals surface area contributed by atoms with Crippen LogP contribution in [0.5, 0.6) is 0 Å². The van der Waals surface area contributed by atoms with Crippen LogP contribution in [0.4, 0.5) is 0 Å². The van der Waals surface area contributed by atoms with Crippen LogP contribution >= 0.6 is 0 Å². The van der Waals surface area contributed by atoms with Crippen molar-refractivity contribution in [3.63, 3.8) is 0 Å². The number of imidazole rings is 1. The Balaban J connectivity index is 1.08. The van der Waals surface area contributed by atoms with E-state index in [1.807, 2.05) is 0 Å². The number of likely N-dealkylation sites (tertiary alicyclic amines) is 1. The number of aliphatic hydroxyl groups is 2. The molecule has 2 N–H and O–H groups in total. The summed E-state index contributed by atoms with van der Waals surface area (Å²) in [5.41, 5.74) is 2.53. The third kappa shape index (κ3) is 5.75. The van der Waals surface area contributed by atoms with Crippen molar-refractivity contribution in [1.29, 1.82) is 0 Å². The van der Waals surface area contributed by atoms with Crippen LogP contribution in [0.15, 0.2) is 24.3 Å². The highest BCUT2D eigenvalue weighted by molar-refractivity contribution is 5.76. The molecule has 4 bridgehead atoms. The molecule has 6 nitrogen and oxygen atoms in total. The minimum atomic E-state index is -1.19. The number of nitrogens with zero attached hydrogens (tertiary/aromatic N) is 4. The van der Waals surface area contributed by atoms with Crippen LogP contribution in [0.2, 0.25) is 0 Å². The second-order valence-corrected chi connectivity index (χ2v) is 14.3. The summed E-state index contributed by atoms with van der Waals surface area (Å²) in [6.07, 6.45) is 19.9. The number of hydrogen-bond donors (Lipinski definition) is 2. The topological polar surface area (TPSA) is 64.8 Å². The summed E-state index contributed by atoms with van der Waals surface area (Å²) in [6.45, 7) is 2.90. The fourth-order valence-electron chi connectivity index (χ4n) is 9.92. The van der Waals surface area contributed by atoms with Gasteiger partial charge in [0.25, 0.3) is 0 Å². The molecule has 0 spiro atoms. The Morgan fingerprint density at radius 2 is 1.45 bits per heavy atom. The van der Waals surface area contributed by atoms with Crippen LogP contribution in [0, 0.1) is 17.8 Å². The van der Waals surface area contributed by atoms with Crippen LogP contribution < -0.4 is 0 Å². The second-order valence-electron chi connectivity index (χ2n) is 14.3. The first kappa shape index (κ1) is 27.4. The van der Waals surface area contributed by atoms with Gasteiger partial charge in [-0.25, -0.2) is 4.98 Å². The maximum absolute atomic E-state index is 9.27. The minimum absolute atomic E-state index is 0.448. The number of fused-ring (bicyclic) bond motifs is 5. The zero-order valence-electron chi connectivity index (χ0n) is 24.5. The summed E-state index contributed by atoms with van der Waals surface area (Å²) >= 11 is 0. The molecule has 2 saturated carbocycles. The second kappa shape index (κ2) is 12.0. The fourth-order valence-corrected chi connectivity index (χ4v) is 9.92. The van der Waals surface area contributed by atoms with Gasteiger partial charge in [0, 0.05) is 43.6 Å². The predicted octanol–water partition coefficient (Wildman–Crippen LogP) is 5.91. The lowest BCUT2D eigenvalue weighted by atomic mass is 9.73. The van der Waals surface area contributed by atoms with Crippen molar-refractivity contribution in [2.45, 2.75) is 133 Å². The van der Waals surface area contributed by atoms with Gasteiger partial charge >= 0.3 is 0 Å². The van der Waals surface area contributed by atoms with Crippen LogP contribution in [0.25, 0.3) is 11.0 Å². The third-order valence-electron chi connectivity index (χ3n) is 11.7. The van der Waals surface area contributed by atoms with E-state index in [4.69, 9.17) is 4.98 Å². The number of rotatable bonds is 7. The lowest BCUT2D eigenvalue weighted by Crippen LogP contribution is -2.58. The Kier molecular flexibility index (Phi) is 8.23. The molecule has 1 aromatic carbocycles. The lowest BCUT2D eigenvalue weighted by Gasteiger charge is -2.54. The summed E-state index contributed by atoms with van der Waals surface area (Å²) in [5.74, 6) is 3.98. The van der Waals surface area contributed by atoms with E-state index in [0.717, 1.165) is 56.0 Å². The number of benzene rings is 1. The quantitative estimate of drug-likeness (QED) is 0.421. The summed E-state index contributed by atoms with van der Waals surface area (Å²) in [6, 6.07) is 11.8. The van der Waals surface area contributed by atoms with Crippen molar-refractivity contribution in [2.75, 3.05) is 19.6 Å². The molecule has 6 atom stereocenters. The van der Waals surface area contributed by atoms with Gasteiger partial charge in [0.2, 0.25) is 0 Å². The Hall–Kier alpha value is -1.47. The molecular weight excluding hydrogens is 496 g/mol. The van der Waals surface area contributed by atoms with Crippen molar-refractivity contribution in [3.8, 4) is 0 Å². The summed E-state index contributed by atoms with van der Waals surface area (Å²) in [4.78, 5) is 10.8. The first-order valence-electron chi connectivity index (χ1n) is 16.9. The molecule has 40 heavy (non-hydrogen) atoms. The molecule has 3 saturated heterocycles. The molecule has 2 unspecified atom stereocenters. The van der Waals surface area contributed by atoms with Crippen molar-refractivity contribution >= 4 is 11.0 Å². The van der Waals surface area contributed by atoms with E-state index in [2.05, 4.69) is 38.6 Å². The van der Waals surface area contributed by atoms with Gasteiger partial charge in [0.15, 0.2) is 6.29 Å². The Morgan fingerprint density at radius 1 is 0.750 bits per heavy atom. The maximum Gasteiger partial charge on any atom is 0.152 e. The van der Waals surface area contributed by atoms with Crippen molar-refractivity contribution in [2.24, 2.45) is 17.8 Å². The highest BCUT2D eigenvalue weighted by Crippen LogP contribution is 2.47. The molecule has 220 valence electrons. The normalized spacial score (nSPS) is 34.4. The van der Waals surface area contributed by atoms with Crippen molar-refractivity contribution in [1.82, 2.24) is 19.4 Å². The average Bonchev–Trinajstić information content (AvgIpc) is 3.22. The van der Waals surface area contributed by atoms with Gasteiger partial charge in [0.1, 0.15) is 5.82 Å². The molecule has 5 aliphatic rings. The van der Waals surface area contributed by atoms with E-state index in [1.165, 1.54) is 107 Å². The smallest absolute Gasteiger partial charge is 0.152 e. The highest BCUT2D eigenvalue weighted by Gasteiger charge is 2.45. The minimum Gasteiger partial charge on any atom is -0.368 e. The van der Waals surface area contributed by atoms with Gasteiger partial charge < -0.3 is 19.7 Å². The van der Waals surface area contributed by atoms with Gasteiger partial charge in [0.05, 0.1) is 11.0 Å². The van der Waals surface area contributed by atoms with E-state index in [1.54, 1.807) is 0 Å². The molecule has 2 aliphatic carbocycles. The molecule has 3 aliphatic heterocycles. The van der Waals surface area contributed by atoms with Crippen molar-refractivity contribution < 1.29 is 10.2 Å². The molecule has 7 rings (SSSR count). The van der Waals surface area contributed by atoms with Crippen LogP contribution in [-0.2, 0) is 6.42 Å². The number of piperidine rings is 3. The summed E-state index contributed by atoms with van der Waals surface area (Å²) in [7, 11) is 0. The maximum atomic E-state index is 9.27. The molecule has 2 aromatic rings. The number of aliphatic hydroxyl groups excluding tert-OH is 1. The lowest BCUT2D eigenvalue weighted by molar-refractivity contribution is -0.0515. The SMILES string of the molecule is OC(O)CCN1CCC(Cc2nc3ccccc3n2C2C[C@H]3CCC[C@@H](C2)N3C2C[C@H]3CCCC[C@@H](C2)C3)CC1. The number of aromatic nitrogens is 2. The average molecular weight is 549 g/mol. The molecule has 1 aromatic heterocycles. The van der Waals surface area contributed by atoms with Gasteiger partial charge in [-0.05, 0) is 101 Å². The fraction of sp³-hybridized carbons (Fsp3) is 0.794. The molecule has 0 amide bonds. The highest BCUT2D eigenvalue weighted by atomic mass is 16.5. The standard InChI is InChI=1S/C34H52N4O2/c39-34(40)14-17-36-15-12-24(13-16-36)21-33-35-31-10-3-4-11-32(31)38(33)30-22-27-8-5-9-28(23-30)37(27)29-19-25-6-1-2-7-26(18-25)20-29/h3-4,10-11,24-30,34,39-40H,1-2,5-9,12-23H2/t25-,26+,27-,28+,29?,30?. The third-order valence-corrected chi connectivity index (χ3v) is 11.7. The molecular formula is C34H52N4O2. The van der Waals surface area contributed by atoms with Crippen LogP contribution in [0.1, 0.15) is 108 Å².